The average Bonchev–Trinajstić information content (AvgIpc) is 3.56. The molecule has 6 heteroatoms. The summed E-state index contributed by atoms with van der Waals surface area (Å²) in [6.45, 7) is 0.927. The second-order valence-electron chi connectivity index (χ2n) is 7.21. The minimum atomic E-state index is -0.119. The molecule has 2 aromatic carbocycles. The number of methoxy groups -OCH3 is 1. The van der Waals surface area contributed by atoms with Crippen molar-refractivity contribution in [2.24, 2.45) is 11.7 Å². The topological polar surface area (TPSA) is 93.4 Å². The summed E-state index contributed by atoms with van der Waals surface area (Å²) in [5, 5.41) is 5.78. The third kappa shape index (κ3) is 5.82. The van der Waals surface area contributed by atoms with Gasteiger partial charge >= 0.3 is 0 Å². The lowest BCUT2D eigenvalue weighted by molar-refractivity contribution is -0.120. The number of carbonyl (C=O) groups is 2. The van der Waals surface area contributed by atoms with Gasteiger partial charge < -0.3 is 21.1 Å². The quantitative estimate of drug-likeness (QED) is 0.619. The van der Waals surface area contributed by atoms with Crippen LogP contribution >= 0.6 is 0 Å². The van der Waals surface area contributed by atoms with E-state index in [0.717, 1.165) is 29.7 Å². The van der Waals surface area contributed by atoms with E-state index in [-0.39, 0.29) is 17.9 Å². The minimum absolute atomic E-state index is 0.0455. The van der Waals surface area contributed by atoms with Gasteiger partial charge in [0.1, 0.15) is 5.75 Å². The summed E-state index contributed by atoms with van der Waals surface area (Å²) in [7, 11) is 1.61. The molecule has 0 spiro atoms. The van der Waals surface area contributed by atoms with Crippen molar-refractivity contribution in [1.82, 2.24) is 10.6 Å². The second kappa shape index (κ2) is 9.37. The number of nitrogens with two attached hydrogens (primary N) is 1. The molecule has 6 nitrogen and oxygen atoms in total. The average molecular weight is 381 g/mol. The monoisotopic (exact) mass is 381 g/mol. The summed E-state index contributed by atoms with van der Waals surface area (Å²) in [5.74, 6) is 1.15. The predicted molar refractivity (Wildman–Crippen MR) is 108 cm³/mol. The van der Waals surface area contributed by atoms with E-state index in [0.29, 0.717) is 31.0 Å². The smallest absolute Gasteiger partial charge is 0.251 e. The molecule has 1 atom stereocenters. The largest absolute Gasteiger partial charge is 0.497 e. The number of benzene rings is 2. The van der Waals surface area contributed by atoms with Crippen LogP contribution in [-0.2, 0) is 17.8 Å². The molecule has 28 heavy (non-hydrogen) atoms. The molecule has 1 saturated carbocycles. The predicted octanol–water partition coefficient (Wildman–Crippen LogP) is 2.02. The Morgan fingerprint density at radius 1 is 1.04 bits per heavy atom. The van der Waals surface area contributed by atoms with Gasteiger partial charge in [-0.25, -0.2) is 0 Å². The number of amides is 2. The summed E-state index contributed by atoms with van der Waals surface area (Å²) < 4.78 is 5.11. The van der Waals surface area contributed by atoms with Gasteiger partial charge in [0, 0.05) is 24.7 Å². The molecule has 1 unspecified atom stereocenters. The van der Waals surface area contributed by atoms with Crippen LogP contribution in [0.2, 0.25) is 0 Å². The van der Waals surface area contributed by atoms with Gasteiger partial charge in [-0.3, -0.25) is 9.59 Å². The second-order valence-corrected chi connectivity index (χ2v) is 7.21. The van der Waals surface area contributed by atoms with Crippen LogP contribution in [0.4, 0.5) is 0 Å². The van der Waals surface area contributed by atoms with E-state index in [9.17, 15) is 9.59 Å². The van der Waals surface area contributed by atoms with Gasteiger partial charge in [0.2, 0.25) is 5.91 Å². The Morgan fingerprint density at radius 2 is 1.68 bits per heavy atom. The molecular formula is C22H27N3O3. The SMILES string of the molecule is COc1ccc(CC(=O)NCc2ccc(C(=O)NCC(N)C3CC3)cc2)cc1. The maximum absolute atomic E-state index is 12.2. The molecule has 1 aliphatic rings. The fourth-order valence-corrected chi connectivity index (χ4v) is 2.97. The number of carbonyl (C=O) groups excluding carboxylic acids is 2. The number of hydrogen-bond donors (Lipinski definition) is 3. The molecule has 0 aliphatic heterocycles. The number of ether oxygens (including phenoxy) is 1. The van der Waals surface area contributed by atoms with Crippen LogP contribution in [0.5, 0.6) is 5.75 Å². The zero-order chi connectivity index (χ0) is 19.9. The summed E-state index contributed by atoms with van der Waals surface area (Å²) >= 11 is 0. The molecule has 0 aromatic heterocycles. The normalized spacial score (nSPS) is 14.2. The zero-order valence-corrected chi connectivity index (χ0v) is 16.1. The van der Waals surface area contributed by atoms with E-state index in [4.69, 9.17) is 10.5 Å². The van der Waals surface area contributed by atoms with Crippen LogP contribution in [0.15, 0.2) is 48.5 Å². The summed E-state index contributed by atoms with van der Waals surface area (Å²) in [6.07, 6.45) is 2.64. The van der Waals surface area contributed by atoms with Crippen LogP contribution in [-0.4, -0.2) is 31.5 Å². The minimum Gasteiger partial charge on any atom is -0.497 e. The molecule has 2 amide bonds. The zero-order valence-electron chi connectivity index (χ0n) is 16.1. The Labute approximate surface area is 165 Å². The van der Waals surface area contributed by atoms with E-state index >= 15 is 0 Å². The number of nitrogens with one attached hydrogen (secondary N) is 2. The molecular weight excluding hydrogens is 354 g/mol. The lowest BCUT2D eigenvalue weighted by atomic mass is 10.1. The first kappa shape index (κ1) is 19.9. The maximum atomic E-state index is 12.2. The van der Waals surface area contributed by atoms with Crippen molar-refractivity contribution >= 4 is 11.8 Å². The highest BCUT2D eigenvalue weighted by atomic mass is 16.5. The fourth-order valence-electron chi connectivity index (χ4n) is 2.97. The van der Waals surface area contributed by atoms with Gasteiger partial charge in [-0.15, -0.1) is 0 Å². The van der Waals surface area contributed by atoms with Crippen molar-refractivity contribution in [3.05, 3.63) is 65.2 Å². The molecule has 0 radical (unpaired) electrons. The molecule has 1 aliphatic carbocycles. The van der Waals surface area contributed by atoms with E-state index in [1.807, 2.05) is 36.4 Å². The van der Waals surface area contributed by atoms with Crippen molar-refractivity contribution in [3.63, 3.8) is 0 Å². The molecule has 148 valence electrons. The first-order chi connectivity index (χ1) is 13.5. The lowest BCUT2D eigenvalue weighted by Crippen LogP contribution is -2.38. The van der Waals surface area contributed by atoms with E-state index in [1.54, 1.807) is 19.2 Å². The van der Waals surface area contributed by atoms with Crippen LogP contribution in [0.3, 0.4) is 0 Å². The van der Waals surface area contributed by atoms with Crippen molar-refractivity contribution in [1.29, 1.82) is 0 Å². The van der Waals surface area contributed by atoms with Crippen LogP contribution in [0.25, 0.3) is 0 Å². The first-order valence-corrected chi connectivity index (χ1v) is 9.57. The highest BCUT2D eigenvalue weighted by Gasteiger charge is 2.28. The lowest BCUT2D eigenvalue weighted by Gasteiger charge is -2.12. The molecule has 1 fully saturated rings. The van der Waals surface area contributed by atoms with Crippen molar-refractivity contribution < 1.29 is 14.3 Å². The number of rotatable bonds is 9. The molecule has 0 heterocycles. The Balaban J connectivity index is 1.42. The standard InChI is InChI=1S/C22H27N3O3/c1-28-19-10-4-15(5-11-19)12-21(26)24-13-16-2-6-18(7-3-16)22(27)25-14-20(23)17-8-9-17/h2-7,10-11,17,20H,8-9,12-14,23H2,1H3,(H,24,26)(H,25,27). The Kier molecular flexibility index (Phi) is 6.66. The van der Waals surface area contributed by atoms with Gasteiger partial charge in [0.25, 0.3) is 5.91 Å². The highest BCUT2D eigenvalue weighted by molar-refractivity contribution is 5.94. The maximum Gasteiger partial charge on any atom is 0.251 e. The Hall–Kier alpha value is -2.86. The molecule has 4 N–H and O–H groups in total. The molecule has 0 bridgehead atoms. The summed E-state index contributed by atoms with van der Waals surface area (Å²) in [5.41, 5.74) is 8.46. The first-order valence-electron chi connectivity index (χ1n) is 9.57. The third-order valence-electron chi connectivity index (χ3n) is 4.96. The van der Waals surface area contributed by atoms with E-state index < -0.39 is 0 Å². The van der Waals surface area contributed by atoms with Crippen LogP contribution < -0.4 is 21.1 Å². The summed E-state index contributed by atoms with van der Waals surface area (Å²) in [6, 6.07) is 14.7. The van der Waals surface area contributed by atoms with Crippen molar-refractivity contribution in [2.45, 2.75) is 31.8 Å². The van der Waals surface area contributed by atoms with Crippen LogP contribution in [0, 0.1) is 5.92 Å². The Morgan fingerprint density at radius 3 is 2.29 bits per heavy atom. The van der Waals surface area contributed by atoms with Gasteiger partial charge in [-0.05, 0) is 54.2 Å². The van der Waals surface area contributed by atoms with Crippen LogP contribution in [0.1, 0.15) is 34.3 Å². The van der Waals surface area contributed by atoms with Gasteiger partial charge in [-0.1, -0.05) is 24.3 Å². The van der Waals surface area contributed by atoms with Crippen molar-refractivity contribution in [2.75, 3.05) is 13.7 Å². The fraction of sp³-hybridized carbons (Fsp3) is 0.364. The number of hydrogen-bond acceptors (Lipinski definition) is 4. The third-order valence-corrected chi connectivity index (χ3v) is 4.96. The Bertz CT molecular complexity index is 799. The van der Waals surface area contributed by atoms with Gasteiger partial charge in [-0.2, -0.15) is 0 Å². The van der Waals surface area contributed by atoms with Gasteiger partial charge in [0.15, 0.2) is 0 Å². The van der Waals surface area contributed by atoms with Gasteiger partial charge in [0.05, 0.1) is 13.5 Å². The molecule has 2 aromatic rings. The highest BCUT2D eigenvalue weighted by Crippen LogP contribution is 2.31. The molecule has 3 rings (SSSR count). The summed E-state index contributed by atoms with van der Waals surface area (Å²) in [4.78, 5) is 24.3. The van der Waals surface area contributed by atoms with E-state index in [2.05, 4.69) is 10.6 Å². The van der Waals surface area contributed by atoms with E-state index in [1.165, 1.54) is 0 Å². The van der Waals surface area contributed by atoms with Crippen molar-refractivity contribution in [3.8, 4) is 5.75 Å². The molecule has 0 saturated heterocycles.